The molecule has 3 heteroatoms. The first-order valence-electron chi connectivity index (χ1n) is 7.74. The van der Waals surface area contributed by atoms with E-state index in [4.69, 9.17) is 0 Å². The van der Waals surface area contributed by atoms with E-state index in [0.29, 0.717) is 12.5 Å². The van der Waals surface area contributed by atoms with Crippen LogP contribution in [0.15, 0.2) is 24.3 Å². The van der Waals surface area contributed by atoms with Gasteiger partial charge in [-0.3, -0.25) is 4.79 Å². The Bertz CT molecular complexity index is 402. The zero-order valence-corrected chi connectivity index (χ0v) is 13.0. The molecule has 0 saturated heterocycles. The van der Waals surface area contributed by atoms with Gasteiger partial charge in [0.1, 0.15) is 0 Å². The number of benzene rings is 1. The molecule has 1 rings (SSSR count). The van der Waals surface area contributed by atoms with Crippen molar-refractivity contribution in [3.05, 3.63) is 29.8 Å². The molecule has 0 atom stereocenters. The van der Waals surface area contributed by atoms with Crippen LogP contribution in [0.3, 0.4) is 0 Å². The number of unbranched alkanes of at least 4 members (excludes halogenated alkanes) is 3. The third-order valence-corrected chi connectivity index (χ3v) is 3.18. The number of carbonyl (C=O) groups is 1. The predicted octanol–water partition coefficient (Wildman–Crippen LogP) is 4.09. The standard InChI is InChI=1S/C17H28N2O/c1-4-5-6-7-11-17(20)19-16-10-8-9-15(12-16)13-18-14(2)3/h8-10,12,14,18H,4-7,11,13H2,1-3H3,(H,19,20). The van der Waals surface area contributed by atoms with Gasteiger partial charge in [0.05, 0.1) is 0 Å². The van der Waals surface area contributed by atoms with Crippen LogP contribution in [0.2, 0.25) is 0 Å². The summed E-state index contributed by atoms with van der Waals surface area (Å²) >= 11 is 0. The highest BCUT2D eigenvalue weighted by Crippen LogP contribution is 2.12. The molecule has 20 heavy (non-hydrogen) atoms. The Hall–Kier alpha value is -1.35. The summed E-state index contributed by atoms with van der Waals surface area (Å²) in [5.41, 5.74) is 2.09. The third-order valence-electron chi connectivity index (χ3n) is 3.18. The van der Waals surface area contributed by atoms with Gasteiger partial charge in [0, 0.05) is 24.7 Å². The number of hydrogen-bond donors (Lipinski definition) is 2. The number of carbonyl (C=O) groups excluding carboxylic acids is 1. The first-order chi connectivity index (χ1) is 9.61. The van der Waals surface area contributed by atoms with E-state index in [0.717, 1.165) is 25.1 Å². The molecule has 0 aliphatic rings. The van der Waals surface area contributed by atoms with E-state index in [9.17, 15) is 4.79 Å². The van der Waals surface area contributed by atoms with Crippen molar-refractivity contribution >= 4 is 11.6 Å². The van der Waals surface area contributed by atoms with Gasteiger partial charge in [-0.15, -0.1) is 0 Å². The van der Waals surface area contributed by atoms with Crippen LogP contribution in [0.4, 0.5) is 5.69 Å². The van der Waals surface area contributed by atoms with Gasteiger partial charge < -0.3 is 10.6 Å². The second kappa shape index (κ2) is 9.54. The van der Waals surface area contributed by atoms with Crippen molar-refractivity contribution in [2.24, 2.45) is 0 Å². The smallest absolute Gasteiger partial charge is 0.224 e. The van der Waals surface area contributed by atoms with Crippen LogP contribution in [0.25, 0.3) is 0 Å². The zero-order chi connectivity index (χ0) is 14.8. The maximum atomic E-state index is 11.8. The molecule has 0 unspecified atom stereocenters. The highest BCUT2D eigenvalue weighted by Gasteiger charge is 2.03. The lowest BCUT2D eigenvalue weighted by Crippen LogP contribution is -2.21. The molecule has 0 saturated carbocycles. The minimum atomic E-state index is 0.120. The third kappa shape index (κ3) is 7.29. The molecule has 0 radical (unpaired) electrons. The van der Waals surface area contributed by atoms with E-state index in [1.54, 1.807) is 0 Å². The van der Waals surface area contributed by atoms with Gasteiger partial charge in [0.15, 0.2) is 0 Å². The van der Waals surface area contributed by atoms with Crippen LogP contribution in [-0.2, 0) is 11.3 Å². The molecular weight excluding hydrogens is 248 g/mol. The molecule has 0 heterocycles. The maximum absolute atomic E-state index is 11.8. The Balaban J connectivity index is 2.39. The number of anilines is 1. The summed E-state index contributed by atoms with van der Waals surface area (Å²) in [5.74, 6) is 0.120. The van der Waals surface area contributed by atoms with Crippen LogP contribution < -0.4 is 10.6 Å². The Morgan fingerprint density at radius 1 is 1.20 bits per heavy atom. The topological polar surface area (TPSA) is 41.1 Å². The molecular formula is C17H28N2O. The lowest BCUT2D eigenvalue weighted by atomic mass is 10.1. The fourth-order valence-electron chi connectivity index (χ4n) is 2.02. The van der Waals surface area contributed by atoms with Crippen molar-refractivity contribution in [1.29, 1.82) is 0 Å². The average molecular weight is 276 g/mol. The van der Waals surface area contributed by atoms with Gasteiger partial charge in [-0.2, -0.15) is 0 Å². The highest BCUT2D eigenvalue weighted by molar-refractivity contribution is 5.90. The van der Waals surface area contributed by atoms with Crippen molar-refractivity contribution < 1.29 is 4.79 Å². The zero-order valence-electron chi connectivity index (χ0n) is 13.0. The Labute approximate surface area is 123 Å². The highest BCUT2D eigenvalue weighted by atomic mass is 16.1. The Morgan fingerprint density at radius 3 is 2.70 bits per heavy atom. The van der Waals surface area contributed by atoms with Crippen molar-refractivity contribution in [1.82, 2.24) is 5.32 Å². The van der Waals surface area contributed by atoms with E-state index >= 15 is 0 Å². The minimum absolute atomic E-state index is 0.120. The molecule has 0 fully saturated rings. The van der Waals surface area contributed by atoms with Gasteiger partial charge >= 0.3 is 0 Å². The average Bonchev–Trinajstić information content (AvgIpc) is 2.42. The second-order valence-electron chi connectivity index (χ2n) is 5.59. The Kier molecular flexibility index (Phi) is 7.97. The van der Waals surface area contributed by atoms with Crippen molar-refractivity contribution in [2.45, 2.75) is 65.5 Å². The van der Waals surface area contributed by atoms with Crippen LogP contribution in [0.1, 0.15) is 58.4 Å². The van der Waals surface area contributed by atoms with Crippen molar-refractivity contribution in [3.63, 3.8) is 0 Å². The molecule has 0 aromatic heterocycles. The van der Waals surface area contributed by atoms with Gasteiger partial charge in [0.2, 0.25) is 5.91 Å². The SMILES string of the molecule is CCCCCCC(=O)Nc1cccc(CNC(C)C)c1. The molecule has 1 aromatic rings. The summed E-state index contributed by atoms with van der Waals surface area (Å²) in [6.07, 6.45) is 5.15. The molecule has 1 aromatic carbocycles. The van der Waals surface area contributed by atoms with E-state index in [2.05, 4.69) is 37.5 Å². The fourth-order valence-corrected chi connectivity index (χ4v) is 2.02. The van der Waals surface area contributed by atoms with Gasteiger partial charge in [-0.05, 0) is 24.1 Å². The van der Waals surface area contributed by atoms with Gasteiger partial charge in [0.25, 0.3) is 0 Å². The second-order valence-corrected chi connectivity index (χ2v) is 5.59. The summed E-state index contributed by atoms with van der Waals surface area (Å²) in [5, 5.41) is 6.36. The summed E-state index contributed by atoms with van der Waals surface area (Å²) in [7, 11) is 0. The quantitative estimate of drug-likeness (QED) is 0.667. The van der Waals surface area contributed by atoms with Crippen LogP contribution >= 0.6 is 0 Å². The lowest BCUT2D eigenvalue weighted by molar-refractivity contribution is -0.116. The molecule has 0 bridgehead atoms. The van der Waals surface area contributed by atoms with Crippen molar-refractivity contribution in [3.8, 4) is 0 Å². The molecule has 0 spiro atoms. The van der Waals surface area contributed by atoms with Crippen molar-refractivity contribution in [2.75, 3.05) is 5.32 Å². The first-order valence-corrected chi connectivity index (χ1v) is 7.74. The largest absolute Gasteiger partial charge is 0.326 e. The summed E-state index contributed by atoms with van der Waals surface area (Å²) in [4.78, 5) is 11.8. The molecule has 2 N–H and O–H groups in total. The van der Waals surface area contributed by atoms with E-state index in [1.165, 1.54) is 18.4 Å². The maximum Gasteiger partial charge on any atom is 0.224 e. The number of hydrogen-bond acceptors (Lipinski definition) is 2. The van der Waals surface area contributed by atoms with E-state index < -0.39 is 0 Å². The van der Waals surface area contributed by atoms with E-state index in [-0.39, 0.29) is 5.91 Å². The van der Waals surface area contributed by atoms with Gasteiger partial charge in [-0.1, -0.05) is 52.2 Å². The molecule has 0 aliphatic heterocycles. The number of amides is 1. The number of rotatable bonds is 9. The molecule has 3 nitrogen and oxygen atoms in total. The summed E-state index contributed by atoms with van der Waals surface area (Å²) in [6, 6.07) is 8.52. The Morgan fingerprint density at radius 2 is 2.00 bits per heavy atom. The molecule has 0 aliphatic carbocycles. The summed E-state index contributed by atoms with van der Waals surface area (Å²) < 4.78 is 0. The molecule has 112 valence electrons. The van der Waals surface area contributed by atoms with Crippen LogP contribution in [0.5, 0.6) is 0 Å². The van der Waals surface area contributed by atoms with Crippen LogP contribution in [0, 0.1) is 0 Å². The number of nitrogens with one attached hydrogen (secondary N) is 2. The van der Waals surface area contributed by atoms with Crippen LogP contribution in [-0.4, -0.2) is 11.9 Å². The first kappa shape index (κ1) is 16.7. The predicted molar refractivity (Wildman–Crippen MR) is 85.8 cm³/mol. The fraction of sp³-hybridized carbons (Fsp3) is 0.588. The summed E-state index contributed by atoms with van der Waals surface area (Å²) in [6.45, 7) is 7.26. The normalized spacial score (nSPS) is 10.8. The van der Waals surface area contributed by atoms with Gasteiger partial charge in [-0.25, -0.2) is 0 Å². The monoisotopic (exact) mass is 276 g/mol. The van der Waals surface area contributed by atoms with E-state index in [1.807, 2.05) is 18.2 Å². The molecule has 1 amide bonds. The lowest BCUT2D eigenvalue weighted by Gasteiger charge is -2.10. The minimum Gasteiger partial charge on any atom is -0.326 e.